The Bertz CT molecular complexity index is 932. The minimum Gasteiger partial charge on any atom is -0.479 e. The number of carbonyl (C=O) groups is 2. The van der Waals surface area contributed by atoms with Crippen molar-refractivity contribution >= 4 is 29.1 Å². The van der Waals surface area contributed by atoms with E-state index in [0.717, 1.165) is 25.1 Å². The van der Waals surface area contributed by atoms with E-state index >= 15 is 0 Å². The number of amides is 2. The second kappa shape index (κ2) is 11.5. The summed E-state index contributed by atoms with van der Waals surface area (Å²) in [7, 11) is 0. The third kappa shape index (κ3) is 7.06. The Morgan fingerprint density at radius 1 is 1.12 bits per heavy atom. The number of hydrogen-bond acceptors (Lipinski definition) is 6. The quantitative estimate of drug-likeness (QED) is 0.499. The van der Waals surface area contributed by atoms with Crippen molar-refractivity contribution < 1.29 is 19.4 Å². The molecule has 1 heterocycles. The fourth-order valence-electron chi connectivity index (χ4n) is 4.07. The molecule has 33 heavy (non-hydrogen) atoms. The molecule has 178 valence electrons. The lowest BCUT2D eigenvalue weighted by Gasteiger charge is -2.38. The molecule has 1 saturated carbocycles. The average Bonchev–Trinajstić information content (AvgIpc) is 2.79. The normalized spacial score (nSPS) is 15.0. The van der Waals surface area contributed by atoms with Crippen LogP contribution in [0.5, 0.6) is 5.75 Å². The number of carbonyl (C=O) groups excluding carboxylic acids is 1. The van der Waals surface area contributed by atoms with E-state index in [1.807, 2.05) is 6.07 Å². The van der Waals surface area contributed by atoms with Crippen LogP contribution in [-0.2, 0) is 4.79 Å². The van der Waals surface area contributed by atoms with Gasteiger partial charge in [-0.15, -0.1) is 0 Å². The lowest BCUT2D eigenvalue weighted by Crippen LogP contribution is -2.40. The summed E-state index contributed by atoms with van der Waals surface area (Å²) in [6.45, 7) is 6.67. The number of urea groups is 1. The van der Waals surface area contributed by atoms with Gasteiger partial charge in [0.1, 0.15) is 12.1 Å². The minimum atomic E-state index is -1.06. The molecule has 1 aliphatic carbocycles. The number of nitrogens with zero attached hydrogens (tertiary/aromatic N) is 3. The first-order valence-corrected chi connectivity index (χ1v) is 11.5. The van der Waals surface area contributed by atoms with Gasteiger partial charge in [-0.05, 0) is 37.8 Å². The first kappa shape index (κ1) is 24.3. The van der Waals surface area contributed by atoms with Gasteiger partial charge in [0.15, 0.2) is 6.10 Å². The van der Waals surface area contributed by atoms with Crippen LogP contribution >= 0.6 is 0 Å². The average molecular weight is 456 g/mol. The third-order valence-electron chi connectivity index (χ3n) is 5.58. The van der Waals surface area contributed by atoms with Crippen LogP contribution in [0.25, 0.3) is 0 Å². The van der Waals surface area contributed by atoms with E-state index < -0.39 is 18.1 Å². The molecule has 1 aromatic heterocycles. The van der Waals surface area contributed by atoms with Crippen molar-refractivity contribution in [3.63, 3.8) is 0 Å². The maximum Gasteiger partial charge on any atom is 0.344 e. The van der Waals surface area contributed by atoms with Crippen LogP contribution in [0.4, 0.5) is 21.9 Å². The Morgan fingerprint density at radius 2 is 1.82 bits per heavy atom. The fourth-order valence-corrected chi connectivity index (χ4v) is 4.07. The molecular weight excluding hydrogens is 422 g/mol. The number of benzene rings is 1. The zero-order chi connectivity index (χ0) is 23.8. The number of aromatic nitrogens is 2. The molecule has 1 unspecified atom stereocenters. The van der Waals surface area contributed by atoms with Crippen LogP contribution in [0.2, 0.25) is 0 Å². The van der Waals surface area contributed by atoms with Gasteiger partial charge in [-0.3, -0.25) is 0 Å². The number of aliphatic carboxylic acids is 1. The molecule has 0 bridgehead atoms. The SMILES string of the molecule is CC(C)CN(c1ccc(OC(C)C(=O)O)cc1NC(=O)Nc1cncnc1)C1CCCCC1. The van der Waals surface area contributed by atoms with Crippen LogP contribution in [0.15, 0.2) is 36.9 Å². The van der Waals surface area contributed by atoms with E-state index in [1.165, 1.54) is 44.9 Å². The Hall–Kier alpha value is -3.36. The summed E-state index contributed by atoms with van der Waals surface area (Å²) >= 11 is 0. The summed E-state index contributed by atoms with van der Waals surface area (Å²) in [6, 6.07) is 5.30. The minimum absolute atomic E-state index is 0.375. The van der Waals surface area contributed by atoms with E-state index in [-0.39, 0.29) is 0 Å². The number of hydrogen-bond donors (Lipinski definition) is 3. The summed E-state index contributed by atoms with van der Waals surface area (Å²) < 4.78 is 5.57. The summed E-state index contributed by atoms with van der Waals surface area (Å²) in [5, 5.41) is 14.9. The molecule has 1 atom stereocenters. The highest BCUT2D eigenvalue weighted by Crippen LogP contribution is 2.36. The van der Waals surface area contributed by atoms with Crippen LogP contribution in [-0.4, -0.2) is 45.8 Å². The van der Waals surface area contributed by atoms with Gasteiger partial charge in [-0.2, -0.15) is 0 Å². The molecule has 9 nitrogen and oxygen atoms in total. The van der Waals surface area contributed by atoms with E-state index in [9.17, 15) is 14.7 Å². The maximum atomic E-state index is 12.8. The van der Waals surface area contributed by atoms with E-state index in [1.54, 1.807) is 12.1 Å². The number of rotatable bonds is 9. The first-order chi connectivity index (χ1) is 15.8. The zero-order valence-electron chi connectivity index (χ0n) is 19.5. The van der Waals surface area contributed by atoms with E-state index in [2.05, 4.69) is 39.3 Å². The molecule has 1 fully saturated rings. The summed E-state index contributed by atoms with van der Waals surface area (Å²) in [5.74, 6) is -0.253. The van der Waals surface area contributed by atoms with Crippen molar-refractivity contribution in [2.75, 3.05) is 22.1 Å². The number of ether oxygens (including phenoxy) is 1. The second-order valence-electron chi connectivity index (χ2n) is 8.82. The van der Waals surface area contributed by atoms with Gasteiger partial charge in [0.05, 0.1) is 29.5 Å². The van der Waals surface area contributed by atoms with Crippen LogP contribution < -0.4 is 20.3 Å². The standard InChI is InChI=1S/C24H33N5O4/c1-16(2)14-29(19-7-5-4-6-8-19)22-10-9-20(33-17(3)23(30)31)11-21(22)28-24(32)27-18-12-25-15-26-13-18/h9-13,15-17,19H,4-8,14H2,1-3H3,(H,30,31)(H2,27,28,32). The molecule has 3 N–H and O–H groups in total. The van der Waals surface area contributed by atoms with Crippen molar-refractivity contribution in [1.82, 2.24) is 9.97 Å². The molecule has 0 aliphatic heterocycles. The first-order valence-electron chi connectivity index (χ1n) is 11.5. The smallest absolute Gasteiger partial charge is 0.344 e. The molecule has 3 rings (SSSR count). The van der Waals surface area contributed by atoms with Crippen LogP contribution in [0.1, 0.15) is 52.9 Å². The number of nitrogens with one attached hydrogen (secondary N) is 2. The molecule has 0 saturated heterocycles. The topological polar surface area (TPSA) is 117 Å². The largest absolute Gasteiger partial charge is 0.479 e. The van der Waals surface area contributed by atoms with Crippen LogP contribution in [0, 0.1) is 5.92 Å². The van der Waals surface area contributed by atoms with Crippen molar-refractivity contribution in [2.24, 2.45) is 5.92 Å². The van der Waals surface area contributed by atoms with Crippen molar-refractivity contribution in [1.29, 1.82) is 0 Å². The van der Waals surface area contributed by atoms with Gasteiger partial charge in [0, 0.05) is 18.7 Å². The highest BCUT2D eigenvalue weighted by atomic mass is 16.5. The Morgan fingerprint density at radius 3 is 2.45 bits per heavy atom. The van der Waals surface area contributed by atoms with Gasteiger partial charge >= 0.3 is 12.0 Å². The predicted molar refractivity (Wildman–Crippen MR) is 128 cm³/mol. The van der Waals surface area contributed by atoms with E-state index in [4.69, 9.17) is 4.74 Å². The van der Waals surface area contributed by atoms with E-state index in [0.29, 0.717) is 29.1 Å². The second-order valence-corrected chi connectivity index (χ2v) is 8.82. The highest BCUT2D eigenvalue weighted by molar-refractivity contribution is 6.02. The van der Waals surface area contributed by atoms with Gasteiger partial charge in [-0.1, -0.05) is 33.1 Å². The lowest BCUT2D eigenvalue weighted by molar-refractivity contribution is -0.144. The summed E-state index contributed by atoms with van der Waals surface area (Å²) in [5.41, 5.74) is 1.92. The molecule has 1 aliphatic rings. The summed E-state index contributed by atoms with van der Waals surface area (Å²) in [6.07, 6.45) is 9.23. The molecular formula is C24H33N5O4. The Labute approximate surface area is 194 Å². The molecule has 9 heteroatoms. The van der Waals surface area contributed by atoms with Gasteiger partial charge in [0.25, 0.3) is 0 Å². The Balaban J connectivity index is 1.92. The highest BCUT2D eigenvalue weighted by Gasteiger charge is 2.25. The molecule has 0 spiro atoms. The summed E-state index contributed by atoms with van der Waals surface area (Å²) in [4.78, 5) is 34.2. The van der Waals surface area contributed by atoms with Crippen molar-refractivity contribution in [3.05, 3.63) is 36.9 Å². The fraction of sp³-hybridized carbons (Fsp3) is 0.500. The Kier molecular flexibility index (Phi) is 8.46. The number of anilines is 3. The lowest BCUT2D eigenvalue weighted by atomic mass is 9.93. The van der Waals surface area contributed by atoms with Gasteiger partial charge < -0.3 is 25.4 Å². The van der Waals surface area contributed by atoms with Crippen molar-refractivity contribution in [2.45, 2.75) is 65.0 Å². The number of carboxylic acids is 1. The monoisotopic (exact) mass is 455 g/mol. The number of carboxylic acid groups (broad SMARTS) is 1. The third-order valence-corrected chi connectivity index (χ3v) is 5.58. The molecule has 2 amide bonds. The van der Waals surface area contributed by atoms with Gasteiger partial charge in [0.2, 0.25) is 0 Å². The molecule has 0 radical (unpaired) electrons. The predicted octanol–water partition coefficient (Wildman–Crippen LogP) is 4.77. The van der Waals surface area contributed by atoms with Crippen molar-refractivity contribution in [3.8, 4) is 5.75 Å². The maximum absolute atomic E-state index is 12.8. The van der Waals surface area contributed by atoms with Gasteiger partial charge in [-0.25, -0.2) is 19.6 Å². The van der Waals surface area contributed by atoms with Crippen LogP contribution in [0.3, 0.4) is 0 Å². The molecule has 2 aromatic rings. The molecule has 1 aromatic carbocycles. The zero-order valence-corrected chi connectivity index (χ0v) is 19.5.